The Morgan fingerprint density at radius 1 is 1.05 bits per heavy atom. The van der Waals surface area contributed by atoms with Gasteiger partial charge in [0.2, 0.25) is 0 Å². The monoisotopic (exact) mass is 258 g/mol. The number of hydrogen-bond acceptors (Lipinski definition) is 4. The molecular weight excluding hydrogens is 240 g/mol. The van der Waals surface area contributed by atoms with Gasteiger partial charge in [0.15, 0.2) is 0 Å². The van der Waals surface area contributed by atoms with Crippen molar-refractivity contribution in [1.82, 2.24) is 0 Å². The maximum Gasteiger partial charge on any atom is 0.127 e. The third-order valence-corrected chi connectivity index (χ3v) is 2.86. The second-order valence-electron chi connectivity index (χ2n) is 4.16. The van der Waals surface area contributed by atoms with Crippen molar-refractivity contribution >= 4 is 11.4 Å². The highest BCUT2D eigenvalue weighted by molar-refractivity contribution is 5.54. The second-order valence-corrected chi connectivity index (χ2v) is 4.16. The van der Waals surface area contributed by atoms with Crippen LogP contribution in [0.5, 0.6) is 11.5 Å². The van der Waals surface area contributed by atoms with Gasteiger partial charge in [-0.3, -0.25) is 0 Å². The van der Waals surface area contributed by atoms with Crippen LogP contribution in [0.4, 0.5) is 11.4 Å². The van der Waals surface area contributed by atoms with Crippen molar-refractivity contribution in [3.05, 3.63) is 48.0 Å². The van der Waals surface area contributed by atoms with E-state index in [0.717, 1.165) is 28.4 Å². The second kappa shape index (κ2) is 6.00. The third-order valence-electron chi connectivity index (χ3n) is 2.86. The molecule has 0 aliphatic heterocycles. The van der Waals surface area contributed by atoms with Crippen LogP contribution in [-0.2, 0) is 6.54 Å². The number of nitrogens with two attached hydrogens (primary N) is 1. The average molecular weight is 258 g/mol. The van der Waals surface area contributed by atoms with Gasteiger partial charge in [0, 0.05) is 29.5 Å². The van der Waals surface area contributed by atoms with Crippen LogP contribution in [0.25, 0.3) is 0 Å². The van der Waals surface area contributed by atoms with E-state index in [0.29, 0.717) is 6.54 Å². The third kappa shape index (κ3) is 3.31. The normalized spacial score (nSPS) is 10.0. The zero-order valence-corrected chi connectivity index (χ0v) is 11.1. The van der Waals surface area contributed by atoms with E-state index in [9.17, 15) is 0 Å². The molecule has 2 aromatic carbocycles. The van der Waals surface area contributed by atoms with Crippen LogP contribution < -0.4 is 20.5 Å². The van der Waals surface area contributed by atoms with Crippen LogP contribution >= 0.6 is 0 Å². The van der Waals surface area contributed by atoms with Crippen molar-refractivity contribution in [3.63, 3.8) is 0 Å². The van der Waals surface area contributed by atoms with E-state index in [4.69, 9.17) is 15.2 Å². The Bertz CT molecular complexity index is 556. The molecule has 0 saturated carbocycles. The van der Waals surface area contributed by atoms with E-state index in [1.54, 1.807) is 14.2 Å². The van der Waals surface area contributed by atoms with Crippen LogP contribution in [-0.4, -0.2) is 14.2 Å². The van der Waals surface area contributed by atoms with Gasteiger partial charge >= 0.3 is 0 Å². The van der Waals surface area contributed by atoms with Gasteiger partial charge in [0.05, 0.1) is 14.2 Å². The Morgan fingerprint density at radius 2 is 1.89 bits per heavy atom. The molecule has 2 rings (SSSR count). The van der Waals surface area contributed by atoms with Crippen molar-refractivity contribution in [2.45, 2.75) is 6.54 Å². The summed E-state index contributed by atoms with van der Waals surface area (Å²) in [5, 5.41) is 3.31. The molecule has 19 heavy (non-hydrogen) atoms. The number of rotatable bonds is 5. The lowest BCUT2D eigenvalue weighted by Gasteiger charge is -2.12. The summed E-state index contributed by atoms with van der Waals surface area (Å²) in [4.78, 5) is 0. The molecular formula is C15H18N2O2. The Labute approximate surface area is 113 Å². The number of ether oxygens (including phenoxy) is 2. The fourth-order valence-corrected chi connectivity index (χ4v) is 1.84. The first kappa shape index (κ1) is 13.1. The molecule has 0 amide bonds. The molecule has 0 aliphatic carbocycles. The van der Waals surface area contributed by atoms with Gasteiger partial charge in [-0.15, -0.1) is 0 Å². The van der Waals surface area contributed by atoms with Gasteiger partial charge in [-0.25, -0.2) is 0 Å². The molecule has 4 nitrogen and oxygen atoms in total. The van der Waals surface area contributed by atoms with E-state index in [-0.39, 0.29) is 0 Å². The summed E-state index contributed by atoms with van der Waals surface area (Å²) in [5.41, 5.74) is 8.53. The molecule has 4 heteroatoms. The molecule has 0 saturated heterocycles. The average Bonchev–Trinajstić information content (AvgIpc) is 2.45. The van der Waals surface area contributed by atoms with Crippen LogP contribution in [0.15, 0.2) is 42.5 Å². The van der Waals surface area contributed by atoms with Crippen molar-refractivity contribution < 1.29 is 9.47 Å². The number of benzene rings is 2. The number of nitrogen functional groups attached to an aromatic ring is 1. The summed E-state index contributed by atoms with van der Waals surface area (Å²) in [6.07, 6.45) is 0. The van der Waals surface area contributed by atoms with Gasteiger partial charge in [0.25, 0.3) is 0 Å². The molecule has 2 aromatic rings. The maximum atomic E-state index is 5.74. The summed E-state index contributed by atoms with van der Waals surface area (Å²) in [6, 6.07) is 13.4. The van der Waals surface area contributed by atoms with Crippen LogP contribution in [0, 0.1) is 0 Å². The zero-order chi connectivity index (χ0) is 13.7. The smallest absolute Gasteiger partial charge is 0.127 e. The molecule has 0 aromatic heterocycles. The minimum atomic E-state index is 0.663. The molecule has 0 spiro atoms. The van der Waals surface area contributed by atoms with Gasteiger partial charge in [-0.2, -0.15) is 0 Å². The first-order valence-corrected chi connectivity index (χ1v) is 6.03. The summed E-state index contributed by atoms with van der Waals surface area (Å²) in [7, 11) is 3.29. The fourth-order valence-electron chi connectivity index (χ4n) is 1.84. The summed E-state index contributed by atoms with van der Waals surface area (Å²) in [5.74, 6) is 1.58. The molecule has 3 N–H and O–H groups in total. The van der Waals surface area contributed by atoms with Crippen molar-refractivity contribution in [3.8, 4) is 11.5 Å². The van der Waals surface area contributed by atoms with E-state index >= 15 is 0 Å². The lowest BCUT2D eigenvalue weighted by Crippen LogP contribution is -2.02. The lowest BCUT2D eigenvalue weighted by atomic mass is 10.2. The molecule has 0 aliphatic rings. The van der Waals surface area contributed by atoms with E-state index < -0.39 is 0 Å². The Hall–Kier alpha value is -2.36. The number of anilines is 2. The highest BCUT2D eigenvalue weighted by Crippen LogP contribution is 2.25. The summed E-state index contributed by atoms with van der Waals surface area (Å²) >= 11 is 0. The number of nitrogens with one attached hydrogen (secondary N) is 1. The maximum absolute atomic E-state index is 5.74. The Kier molecular flexibility index (Phi) is 4.13. The molecule has 0 bridgehead atoms. The predicted octanol–water partition coefficient (Wildman–Crippen LogP) is 2.90. The van der Waals surface area contributed by atoms with Crippen molar-refractivity contribution in [1.29, 1.82) is 0 Å². The molecule has 0 radical (unpaired) electrons. The number of hydrogen-bond donors (Lipinski definition) is 2. The van der Waals surface area contributed by atoms with E-state index in [2.05, 4.69) is 5.32 Å². The molecule has 0 fully saturated rings. The molecule has 0 atom stereocenters. The number of methoxy groups -OCH3 is 2. The summed E-state index contributed by atoms with van der Waals surface area (Å²) in [6.45, 7) is 0.663. The van der Waals surface area contributed by atoms with Crippen molar-refractivity contribution in [2.75, 3.05) is 25.3 Å². The minimum Gasteiger partial charge on any atom is -0.497 e. The molecule has 0 unspecified atom stereocenters. The van der Waals surface area contributed by atoms with Gasteiger partial charge in [-0.1, -0.05) is 6.07 Å². The first-order valence-electron chi connectivity index (χ1n) is 6.03. The van der Waals surface area contributed by atoms with Gasteiger partial charge in [-0.05, 0) is 30.3 Å². The standard InChI is InChI=1S/C15H18N2O2/c1-18-14-7-6-11(15(9-14)19-2)10-17-13-5-3-4-12(16)8-13/h3-9,17H,10,16H2,1-2H3. The van der Waals surface area contributed by atoms with Crippen LogP contribution in [0.2, 0.25) is 0 Å². The highest BCUT2D eigenvalue weighted by atomic mass is 16.5. The Morgan fingerprint density at radius 3 is 2.58 bits per heavy atom. The minimum absolute atomic E-state index is 0.663. The van der Waals surface area contributed by atoms with Gasteiger partial charge in [0.1, 0.15) is 11.5 Å². The summed E-state index contributed by atoms with van der Waals surface area (Å²) < 4.78 is 10.5. The SMILES string of the molecule is COc1ccc(CNc2cccc(N)c2)c(OC)c1. The lowest BCUT2D eigenvalue weighted by molar-refractivity contribution is 0.391. The van der Waals surface area contributed by atoms with Crippen molar-refractivity contribution in [2.24, 2.45) is 0 Å². The van der Waals surface area contributed by atoms with E-state index in [1.807, 2.05) is 42.5 Å². The van der Waals surface area contributed by atoms with Crippen LogP contribution in [0.1, 0.15) is 5.56 Å². The molecule has 100 valence electrons. The quantitative estimate of drug-likeness (QED) is 0.810. The van der Waals surface area contributed by atoms with E-state index in [1.165, 1.54) is 0 Å². The largest absolute Gasteiger partial charge is 0.497 e. The topological polar surface area (TPSA) is 56.5 Å². The zero-order valence-electron chi connectivity index (χ0n) is 11.1. The predicted molar refractivity (Wildman–Crippen MR) is 77.7 cm³/mol. The first-order chi connectivity index (χ1) is 9.22. The Balaban J connectivity index is 2.11. The van der Waals surface area contributed by atoms with Crippen LogP contribution in [0.3, 0.4) is 0 Å². The van der Waals surface area contributed by atoms with Gasteiger partial charge < -0.3 is 20.5 Å². The fraction of sp³-hybridized carbons (Fsp3) is 0.200. The molecule has 0 heterocycles. The highest BCUT2D eigenvalue weighted by Gasteiger charge is 2.04.